The highest BCUT2D eigenvalue weighted by atomic mass is 16.5. The molecule has 0 unspecified atom stereocenters. The molecule has 6 heteroatoms. The summed E-state index contributed by atoms with van der Waals surface area (Å²) >= 11 is 0. The Bertz CT molecular complexity index is 503. The van der Waals surface area contributed by atoms with Crippen LogP contribution in [0.3, 0.4) is 0 Å². The van der Waals surface area contributed by atoms with Gasteiger partial charge in [-0.2, -0.15) is 0 Å². The monoisotopic (exact) mass is 378 g/mol. The first-order chi connectivity index (χ1) is 13.2. The lowest BCUT2D eigenvalue weighted by atomic mass is 10.2. The van der Waals surface area contributed by atoms with E-state index in [2.05, 4.69) is 53.7 Å². The van der Waals surface area contributed by atoms with Crippen molar-refractivity contribution >= 4 is 5.96 Å². The van der Waals surface area contributed by atoms with Gasteiger partial charge in [-0.15, -0.1) is 0 Å². The van der Waals surface area contributed by atoms with Gasteiger partial charge in [0.2, 0.25) is 0 Å². The van der Waals surface area contributed by atoms with Gasteiger partial charge in [0.05, 0.1) is 6.61 Å². The van der Waals surface area contributed by atoms with Crippen molar-refractivity contribution in [3.63, 3.8) is 0 Å². The largest absolute Gasteiger partial charge is 0.494 e. The van der Waals surface area contributed by atoms with Crippen LogP contribution in [-0.4, -0.2) is 64.9 Å². The molecule has 0 saturated heterocycles. The van der Waals surface area contributed by atoms with Crippen LogP contribution in [0.2, 0.25) is 0 Å². The Morgan fingerprint density at radius 1 is 1.00 bits per heavy atom. The van der Waals surface area contributed by atoms with Crippen molar-refractivity contribution < 1.29 is 9.47 Å². The van der Waals surface area contributed by atoms with E-state index in [1.807, 2.05) is 12.1 Å². The quantitative estimate of drug-likeness (QED) is 0.296. The fraction of sp³-hybridized carbons (Fsp3) is 0.667. The maximum absolute atomic E-state index is 5.76. The highest BCUT2D eigenvalue weighted by molar-refractivity contribution is 5.79. The predicted octanol–water partition coefficient (Wildman–Crippen LogP) is 2.89. The van der Waals surface area contributed by atoms with Crippen molar-refractivity contribution in [2.24, 2.45) is 4.99 Å². The van der Waals surface area contributed by atoms with E-state index in [0.717, 1.165) is 70.4 Å². The lowest BCUT2D eigenvalue weighted by molar-refractivity contribution is 0.129. The van der Waals surface area contributed by atoms with Crippen LogP contribution in [-0.2, 0) is 11.3 Å². The van der Waals surface area contributed by atoms with Crippen LogP contribution in [0.1, 0.15) is 38.2 Å². The number of guanidine groups is 1. The number of nitrogens with one attached hydrogen (secondary N) is 2. The topological polar surface area (TPSA) is 58.1 Å². The number of rotatable bonds is 14. The summed E-state index contributed by atoms with van der Waals surface area (Å²) in [4.78, 5) is 6.42. The van der Waals surface area contributed by atoms with Gasteiger partial charge in [-0.1, -0.05) is 25.5 Å². The Kier molecular flexibility index (Phi) is 13.2. The summed E-state index contributed by atoms with van der Waals surface area (Å²) in [5.74, 6) is 1.73. The van der Waals surface area contributed by atoms with E-state index in [-0.39, 0.29) is 0 Å². The molecular formula is C21H38N4O2. The fourth-order valence-corrected chi connectivity index (χ4v) is 2.41. The lowest BCUT2D eigenvalue weighted by Gasteiger charge is -2.13. The van der Waals surface area contributed by atoms with Gasteiger partial charge < -0.3 is 25.0 Å². The van der Waals surface area contributed by atoms with Crippen molar-refractivity contribution in [2.75, 3.05) is 54.1 Å². The molecule has 6 nitrogen and oxygen atoms in total. The summed E-state index contributed by atoms with van der Waals surface area (Å²) in [7, 11) is 5.94. The van der Waals surface area contributed by atoms with Crippen molar-refractivity contribution in [3.8, 4) is 5.75 Å². The van der Waals surface area contributed by atoms with Crippen LogP contribution >= 0.6 is 0 Å². The van der Waals surface area contributed by atoms with Crippen molar-refractivity contribution in [3.05, 3.63) is 29.8 Å². The zero-order valence-electron chi connectivity index (χ0n) is 17.6. The minimum Gasteiger partial charge on any atom is -0.494 e. The summed E-state index contributed by atoms with van der Waals surface area (Å²) in [6, 6.07) is 8.22. The molecule has 0 fully saturated rings. The summed E-state index contributed by atoms with van der Waals surface area (Å²) in [6.45, 7) is 7.19. The molecule has 1 aromatic carbocycles. The molecule has 1 aromatic rings. The first-order valence-corrected chi connectivity index (χ1v) is 10.0. The van der Waals surface area contributed by atoms with Gasteiger partial charge in [0.15, 0.2) is 5.96 Å². The Morgan fingerprint density at radius 2 is 1.74 bits per heavy atom. The molecule has 0 atom stereocenters. The molecule has 0 spiro atoms. The minimum absolute atomic E-state index is 0.730. The van der Waals surface area contributed by atoms with Crippen LogP contribution in [0.5, 0.6) is 5.75 Å². The van der Waals surface area contributed by atoms with Gasteiger partial charge in [-0.3, -0.25) is 4.99 Å². The smallest absolute Gasteiger partial charge is 0.191 e. The van der Waals surface area contributed by atoms with Gasteiger partial charge in [-0.05, 0) is 51.1 Å². The first-order valence-electron chi connectivity index (χ1n) is 10.0. The first kappa shape index (κ1) is 23.2. The van der Waals surface area contributed by atoms with Crippen molar-refractivity contribution in [1.29, 1.82) is 0 Å². The van der Waals surface area contributed by atoms with Gasteiger partial charge >= 0.3 is 0 Å². The lowest BCUT2D eigenvalue weighted by Crippen LogP contribution is -2.37. The number of hydrogen-bond acceptors (Lipinski definition) is 4. The van der Waals surface area contributed by atoms with E-state index in [1.165, 1.54) is 12.0 Å². The van der Waals surface area contributed by atoms with Crippen LogP contribution in [0, 0.1) is 0 Å². The number of ether oxygens (including phenoxy) is 2. The van der Waals surface area contributed by atoms with Crippen molar-refractivity contribution in [1.82, 2.24) is 15.5 Å². The zero-order valence-corrected chi connectivity index (χ0v) is 17.6. The number of benzene rings is 1. The van der Waals surface area contributed by atoms with Crippen LogP contribution < -0.4 is 15.4 Å². The Hall–Kier alpha value is -1.79. The number of hydrogen-bond donors (Lipinski definition) is 2. The summed E-state index contributed by atoms with van der Waals surface area (Å²) < 4.78 is 11.3. The van der Waals surface area contributed by atoms with Gasteiger partial charge in [-0.25, -0.2) is 0 Å². The molecule has 0 amide bonds. The fourth-order valence-electron chi connectivity index (χ4n) is 2.41. The molecule has 0 aliphatic heterocycles. The second-order valence-corrected chi connectivity index (χ2v) is 6.82. The standard InChI is InChI=1S/C21H38N4O2/c1-5-6-15-26-16-7-13-23-21(22-2)24-18-19-9-11-20(12-10-19)27-17-8-14-25(3)4/h9-12H,5-8,13-18H2,1-4H3,(H2,22,23,24). The third-order valence-electron chi connectivity index (χ3n) is 4.03. The Labute approximate surface area is 165 Å². The molecule has 1 rings (SSSR count). The van der Waals surface area contributed by atoms with E-state index >= 15 is 0 Å². The molecule has 0 aliphatic carbocycles. The second-order valence-electron chi connectivity index (χ2n) is 6.82. The number of unbranched alkanes of at least 4 members (excludes halogenated alkanes) is 1. The van der Waals surface area contributed by atoms with E-state index in [1.54, 1.807) is 7.05 Å². The van der Waals surface area contributed by atoms with Gasteiger partial charge in [0, 0.05) is 39.9 Å². The molecule has 27 heavy (non-hydrogen) atoms. The third kappa shape index (κ3) is 12.3. The molecule has 0 saturated carbocycles. The second kappa shape index (κ2) is 15.3. The Morgan fingerprint density at radius 3 is 2.41 bits per heavy atom. The highest BCUT2D eigenvalue weighted by Crippen LogP contribution is 2.12. The van der Waals surface area contributed by atoms with E-state index in [0.29, 0.717) is 0 Å². The van der Waals surface area contributed by atoms with E-state index in [4.69, 9.17) is 9.47 Å². The molecule has 0 aliphatic rings. The molecule has 0 bridgehead atoms. The maximum atomic E-state index is 5.76. The highest BCUT2D eigenvalue weighted by Gasteiger charge is 2.00. The average Bonchev–Trinajstić information content (AvgIpc) is 2.67. The van der Waals surface area contributed by atoms with Gasteiger partial charge in [0.1, 0.15) is 5.75 Å². The maximum Gasteiger partial charge on any atom is 0.191 e. The predicted molar refractivity (Wildman–Crippen MR) is 114 cm³/mol. The molecule has 2 N–H and O–H groups in total. The zero-order chi connectivity index (χ0) is 19.7. The number of nitrogens with zero attached hydrogens (tertiary/aromatic N) is 2. The van der Waals surface area contributed by atoms with Crippen LogP contribution in [0.4, 0.5) is 0 Å². The van der Waals surface area contributed by atoms with E-state index < -0.39 is 0 Å². The molecule has 154 valence electrons. The van der Waals surface area contributed by atoms with E-state index in [9.17, 15) is 0 Å². The number of aliphatic imine (C=N–C) groups is 1. The van der Waals surface area contributed by atoms with Crippen molar-refractivity contribution in [2.45, 2.75) is 39.2 Å². The van der Waals surface area contributed by atoms with Crippen LogP contribution in [0.25, 0.3) is 0 Å². The normalized spacial score (nSPS) is 11.7. The summed E-state index contributed by atoms with van der Waals surface area (Å²) in [5.41, 5.74) is 1.20. The Balaban J connectivity index is 2.19. The minimum atomic E-state index is 0.730. The molecular weight excluding hydrogens is 340 g/mol. The van der Waals surface area contributed by atoms with Gasteiger partial charge in [0.25, 0.3) is 0 Å². The SMILES string of the molecule is CCCCOCCCNC(=NC)NCc1ccc(OCCCN(C)C)cc1. The molecule has 0 heterocycles. The summed E-state index contributed by atoms with van der Waals surface area (Å²) in [5, 5.41) is 6.65. The third-order valence-corrected chi connectivity index (χ3v) is 4.03. The van der Waals surface area contributed by atoms with Crippen LogP contribution in [0.15, 0.2) is 29.3 Å². The molecule has 0 aromatic heterocycles. The average molecular weight is 379 g/mol. The summed E-state index contributed by atoms with van der Waals surface area (Å²) in [6.07, 6.45) is 4.32. The molecule has 0 radical (unpaired) electrons.